The van der Waals surface area contributed by atoms with E-state index in [2.05, 4.69) is 0 Å². The van der Waals surface area contributed by atoms with Crippen molar-refractivity contribution in [3.63, 3.8) is 0 Å². The van der Waals surface area contributed by atoms with E-state index in [0.29, 0.717) is 42.4 Å². The van der Waals surface area contributed by atoms with Crippen molar-refractivity contribution in [3.05, 3.63) is 35.4 Å². The van der Waals surface area contributed by atoms with Crippen molar-refractivity contribution in [2.24, 2.45) is 0 Å². The van der Waals surface area contributed by atoms with Crippen molar-refractivity contribution in [3.8, 4) is 34.1 Å². The Bertz CT molecular complexity index is 1050. The normalized spacial score (nSPS) is 25.8. The monoisotopic (exact) mass is 425 g/mol. The van der Waals surface area contributed by atoms with E-state index in [4.69, 9.17) is 18.9 Å². The Morgan fingerprint density at radius 3 is 1.94 bits per heavy atom. The molecule has 7 nitrogen and oxygen atoms in total. The Labute approximate surface area is 181 Å². The lowest BCUT2D eigenvalue weighted by Gasteiger charge is -2.48. The van der Waals surface area contributed by atoms with Crippen molar-refractivity contribution in [2.75, 3.05) is 35.0 Å². The maximum absolute atomic E-state index is 12.5. The van der Waals surface area contributed by atoms with Gasteiger partial charge in [0.2, 0.25) is 5.91 Å². The van der Waals surface area contributed by atoms with Crippen LogP contribution in [0.3, 0.4) is 0 Å². The number of carbonyl (C=O) groups excluding carboxylic acids is 1. The zero-order chi connectivity index (χ0) is 21.9. The zero-order valence-electron chi connectivity index (χ0n) is 18.2. The number of amides is 1. The molecule has 1 aliphatic carbocycles. The largest absolute Gasteiger partial charge is 0.493 e. The molecule has 7 heteroatoms. The molecule has 2 aromatic carbocycles. The molecule has 0 saturated carbocycles. The number of hydrogen-bond acceptors (Lipinski definition) is 6. The van der Waals surface area contributed by atoms with Gasteiger partial charge in [-0.25, -0.2) is 0 Å². The van der Waals surface area contributed by atoms with Gasteiger partial charge in [0, 0.05) is 24.8 Å². The first-order valence-electron chi connectivity index (χ1n) is 10.5. The minimum atomic E-state index is -0.664. The van der Waals surface area contributed by atoms with Gasteiger partial charge in [0.05, 0.1) is 40.6 Å². The number of fused-ring (bicyclic) bond motifs is 7. The molecule has 5 rings (SSSR count). The number of nitrogens with zero attached hydrogens (tertiary/aromatic N) is 1. The smallest absolute Gasteiger partial charge is 0.223 e. The van der Waals surface area contributed by atoms with Gasteiger partial charge in [0.1, 0.15) is 0 Å². The van der Waals surface area contributed by atoms with Gasteiger partial charge in [-0.05, 0) is 52.9 Å². The van der Waals surface area contributed by atoms with E-state index in [9.17, 15) is 9.90 Å². The van der Waals surface area contributed by atoms with Gasteiger partial charge in [-0.3, -0.25) is 4.79 Å². The second kappa shape index (κ2) is 7.34. The summed E-state index contributed by atoms with van der Waals surface area (Å²) < 4.78 is 22.3. The Morgan fingerprint density at radius 2 is 1.35 bits per heavy atom. The molecule has 1 amide bonds. The van der Waals surface area contributed by atoms with Crippen LogP contribution in [0, 0.1) is 0 Å². The number of aliphatic hydroxyl groups excluding tert-OH is 1. The lowest BCUT2D eigenvalue weighted by Crippen LogP contribution is -2.53. The average Bonchev–Trinajstić information content (AvgIpc) is 3.18. The minimum Gasteiger partial charge on any atom is -0.493 e. The highest BCUT2D eigenvalue weighted by molar-refractivity contribution is 5.83. The molecule has 0 unspecified atom stereocenters. The maximum Gasteiger partial charge on any atom is 0.223 e. The summed E-state index contributed by atoms with van der Waals surface area (Å²) in [5, 5.41) is 11.5. The number of aliphatic hydroxyl groups is 1. The molecule has 31 heavy (non-hydrogen) atoms. The van der Waals surface area contributed by atoms with Gasteiger partial charge < -0.3 is 29.0 Å². The van der Waals surface area contributed by atoms with Gasteiger partial charge in [0.25, 0.3) is 0 Å². The van der Waals surface area contributed by atoms with Crippen molar-refractivity contribution in [2.45, 2.75) is 36.8 Å². The van der Waals surface area contributed by atoms with E-state index in [0.717, 1.165) is 22.3 Å². The predicted octanol–water partition coefficient (Wildman–Crippen LogP) is 2.93. The summed E-state index contributed by atoms with van der Waals surface area (Å²) in [6, 6.07) is 7.74. The molecular weight excluding hydrogens is 398 g/mol. The van der Waals surface area contributed by atoms with E-state index in [1.54, 1.807) is 28.4 Å². The number of methoxy groups -OCH3 is 4. The lowest BCUT2D eigenvalue weighted by molar-refractivity contribution is -0.133. The SMILES string of the molecule is COc1cc2c(cc1OC)[C@H]1[C@@H](O)[C@@H]3CCC(=O)N3C[C@H]1c1cc(OC)c(OC)cc1-2. The van der Waals surface area contributed by atoms with Crippen LogP contribution in [-0.2, 0) is 4.79 Å². The van der Waals surface area contributed by atoms with Gasteiger partial charge in [-0.2, -0.15) is 0 Å². The highest BCUT2D eigenvalue weighted by Crippen LogP contribution is 2.56. The van der Waals surface area contributed by atoms with Crippen LogP contribution in [0.1, 0.15) is 35.8 Å². The Balaban J connectivity index is 1.77. The molecule has 2 aliphatic heterocycles. The second-order valence-corrected chi connectivity index (χ2v) is 8.36. The van der Waals surface area contributed by atoms with Crippen LogP contribution in [0.2, 0.25) is 0 Å². The minimum absolute atomic E-state index is 0.0614. The molecular formula is C24H27NO6. The maximum atomic E-state index is 12.5. The van der Waals surface area contributed by atoms with E-state index in [1.165, 1.54) is 0 Å². The number of benzene rings is 2. The highest BCUT2D eigenvalue weighted by Gasteiger charge is 2.51. The molecule has 0 radical (unpaired) electrons. The summed E-state index contributed by atoms with van der Waals surface area (Å²) in [6.45, 7) is 0.571. The highest BCUT2D eigenvalue weighted by atomic mass is 16.5. The Kier molecular flexibility index (Phi) is 4.73. The summed E-state index contributed by atoms with van der Waals surface area (Å²) in [5.41, 5.74) is 4.02. The van der Waals surface area contributed by atoms with Crippen LogP contribution in [0.5, 0.6) is 23.0 Å². The van der Waals surface area contributed by atoms with Crippen LogP contribution >= 0.6 is 0 Å². The molecule has 4 atom stereocenters. The van der Waals surface area contributed by atoms with Crippen LogP contribution in [0.25, 0.3) is 11.1 Å². The predicted molar refractivity (Wildman–Crippen MR) is 114 cm³/mol. The Hall–Kier alpha value is -2.93. The summed E-state index contributed by atoms with van der Waals surface area (Å²) in [5.74, 6) is 2.41. The van der Waals surface area contributed by atoms with Crippen LogP contribution < -0.4 is 18.9 Å². The van der Waals surface area contributed by atoms with E-state index < -0.39 is 6.10 Å². The summed E-state index contributed by atoms with van der Waals surface area (Å²) in [6.07, 6.45) is 0.506. The summed E-state index contributed by atoms with van der Waals surface area (Å²) >= 11 is 0. The fraction of sp³-hybridized carbons (Fsp3) is 0.458. The van der Waals surface area contributed by atoms with E-state index in [-0.39, 0.29) is 23.8 Å². The van der Waals surface area contributed by atoms with E-state index >= 15 is 0 Å². The van der Waals surface area contributed by atoms with Crippen LogP contribution in [0.15, 0.2) is 24.3 Å². The number of carbonyl (C=O) groups is 1. The van der Waals surface area contributed by atoms with Gasteiger partial charge >= 0.3 is 0 Å². The van der Waals surface area contributed by atoms with Gasteiger partial charge in [0.15, 0.2) is 23.0 Å². The van der Waals surface area contributed by atoms with Gasteiger partial charge in [-0.15, -0.1) is 0 Å². The zero-order valence-corrected chi connectivity index (χ0v) is 18.2. The first-order valence-corrected chi connectivity index (χ1v) is 10.5. The third-order valence-electron chi connectivity index (χ3n) is 7.12. The number of hydrogen-bond donors (Lipinski definition) is 1. The van der Waals surface area contributed by atoms with Crippen LogP contribution in [-0.4, -0.2) is 63.0 Å². The van der Waals surface area contributed by atoms with E-state index in [1.807, 2.05) is 29.2 Å². The standard InChI is InChI=1S/C24H27NO6/c1-28-18-7-12-13-8-19(29-2)21(31-4)10-15(13)23-16(14(12)9-20(18)30-3)11-25-17(24(23)27)5-6-22(25)26/h7-10,16-17,23-24,27H,5-6,11H2,1-4H3/t16-,17-,23+,24-/m0/s1. The summed E-state index contributed by atoms with van der Waals surface area (Å²) in [4.78, 5) is 14.4. The first-order chi connectivity index (χ1) is 15.0. The molecule has 2 heterocycles. The molecule has 3 aliphatic rings. The molecule has 164 valence electrons. The first kappa shape index (κ1) is 20.0. The topological polar surface area (TPSA) is 77.5 Å². The number of piperidine rings is 1. The quantitative estimate of drug-likeness (QED) is 0.812. The Morgan fingerprint density at radius 1 is 0.839 bits per heavy atom. The van der Waals surface area contributed by atoms with Crippen LogP contribution in [0.4, 0.5) is 0 Å². The fourth-order valence-electron chi connectivity index (χ4n) is 5.68. The lowest BCUT2D eigenvalue weighted by atomic mass is 9.65. The molecule has 0 spiro atoms. The van der Waals surface area contributed by atoms with Crippen molar-refractivity contribution < 1.29 is 28.8 Å². The second-order valence-electron chi connectivity index (χ2n) is 8.36. The van der Waals surface area contributed by atoms with Gasteiger partial charge in [-0.1, -0.05) is 0 Å². The third-order valence-corrected chi connectivity index (χ3v) is 7.12. The number of ether oxygens (including phenoxy) is 4. The van der Waals surface area contributed by atoms with Crippen molar-refractivity contribution in [1.82, 2.24) is 4.90 Å². The molecule has 2 aromatic rings. The summed E-state index contributed by atoms with van der Waals surface area (Å²) in [7, 11) is 6.45. The molecule has 2 fully saturated rings. The third kappa shape index (κ3) is 2.79. The average molecular weight is 425 g/mol. The number of rotatable bonds is 4. The molecule has 0 bridgehead atoms. The van der Waals surface area contributed by atoms with Crippen molar-refractivity contribution >= 4 is 5.91 Å². The van der Waals surface area contributed by atoms with Crippen molar-refractivity contribution in [1.29, 1.82) is 0 Å². The molecule has 1 N–H and O–H groups in total. The molecule has 0 aromatic heterocycles. The fourth-order valence-corrected chi connectivity index (χ4v) is 5.68. The molecule has 2 saturated heterocycles.